The number of hydrogen-bond donors (Lipinski definition) is 2. The van der Waals surface area contributed by atoms with Crippen LogP contribution in [0.3, 0.4) is 0 Å². The van der Waals surface area contributed by atoms with E-state index in [9.17, 15) is 9.18 Å². The maximum Gasteiger partial charge on any atom is 0.223 e. The highest BCUT2D eigenvalue weighted by Gasteiger charge is 2.32. The van der Waals surface area contributed by atoms with Crippen LogP contribution in [0.15, 0.2) is 18.2 Å². The number of rotatable bonds is 4. The zero-order valence-corrected chi connectivity index (χ0v) is 13.5. The van der Waals surface area contributed by atoms with Crippen molar-refractivity contribution in [3.63, 3.8) is 0 Å². The van der Waals surface area contributed by atoms with Gasteiger partial charge in [0.25, 0.3) is 0 Å². The summed E-state index contributed by atoms with van der Waals surface area (Å²) >= 11 is 5.76. The Morgan fingerprint density at radius 1 is 1.52 bits per heavy atom. The van der Waals surface area contributed by atoms with Crippen LogP contribution in [0.4, 0.5) is 4.39 Å². The van der Waals surface area contributed by atoms with Crippen molar-refractivity contribution in [2.45, 2.75) is 32.2 Å². The van der Waals surface area contributed by atoms with Gasteiger partial charge in [-0.25, -0.2) is 4.39 Å². The fourth-order valence-electron chi connectivity index (χ4n) is 2.85. The first kappa shape index (κ1) is 18.2. The van der Waals surface area contributed by atoms with E-state index in [2.05, 4.69) is 5.32 Å². The molecule has 1 aromatic carbocycles. The third-order valence-electron chi connectivity index (χ3n) is 4.10. The zero-order valence-electron chi connectivity index (χ0n) is 11.9. The molecule has 3 atom stereocenters. The summed E-state index contributed by atoms with van der Waals surface area (Å²) in [7, 11) is 0. The number of carbonyl (C=O) groups is 1. The molecule has 3 N–H and O–H groups in total. The Kier molecular flexibility index (Phi) is 6.91. The molecule has 2 rings (SSSR count). The molecule has 118 valence electrons. The first-order valence-corrected chi connectivity index (χ1v) is 7.36. The van der Waals surface area contributed by atoms with Crippen molar-refractivity contribution in [2.24, 2.45) is 17.6 Å². The summed E-state index contributed by atoms with van der Waals surface area (Å²) in [5.41, 5.74) is 6.50. The predicted octanol–water partition coefficient (Wildman–Crippen LogP) is 3.45. The van der Waals surface area contributed by atoms with Crippen molar-refractivity contribution >= 4 is 29.9 Å². The summed E-state index contributed by atoms with van der Waals surface area (Å²) < 4.78 is 13.1. The van der Waals surface area contributed by atoms with Gasteiger partial charge in [-0.05, 0) is 49.9 Å². The summed E-state index contributed by atoms with van der Waals surface area (Å²) in [6.45, 7) is 2.42. The first-order chi connectivity index (χ1) is 9.52. The minimum atomic E-state index is -0.451. The smallest absolute Gasteiger partial charge is 0.223 e. The summed E-state index contributed by atoms with van der Waals surface area (Å²) in [5.74, 6) is -0.142. The van der Waals surface area contributed by atoms with Gasteiger partial charge in [-0.3, -0.25) is 4.79 Å². The molecule has 1 amide bonds. The van der Waals surface area contributed by atoms with Gasteiger partial charge in [0.15, 0.2) is 0 Å². The Morgan fingerprint density at radius 3 is 2.86 bits per heavy atom. The maximum absolute atomic E-state index is 13.1. The van der Waals surface area contributed by atoms with Gasteiger partial charge in [-0.15, -0.1) is 12.4 Å². The van der Waals surface area contributed by atoms with Crippen molar-refractivity contribution < 1.29 is 9.18 Å². The van der Waals surface area contributed by atoms with Crippen LogP contribution in [-0.4, -0.2) is 12.5 Å². The van der Waals surface area contributed by atoms with Crippen LogP contribution in [0.1, 0.15) is 37.8 Å². The standard InChI is InChI=1S/C15H20ClFN2O.ClH/c1-9(10-5-6-14(17)13(16)7-10)19-15(20)12-4-2-3-11(12)8-18;/h5-7,9,11-12H,2-4,8,18H2,1H3,(H,19,20);1H/t9?,11-,12-;/m1./s1. The Bertz CT molecular complexity index is 499. The third kappa shape index (κ3) is 4.31. The average molecular weight is 335 g/mol. The lowest BCUT2D eigenvalue weighted by molar-refractivity contribution is -0.126. The number of carbonyl (C=O) groups excluding carboxylic acids is 1. The quantitative estimate of drug-likeness (QED) is 0.885. The second-order valence-electron chi connectivity index (χ2n) is 5.44. The lowest BCUT2D eigenvalue weighted by Gasteiger charge is -2.21. The molecule has 0 aromatic heterocycles. The highest BCUT2D eigenvalue weighted by Crippen LogP contribution is 2.31. The van der Waals surface area contributed by atoms with Gasteiger partial charge >= 0.3 is 0 Å². The maximum atomic E-state index is 13.1. The van der Waals surface area contributed by atoms with Gasteiger partial charge in [-0.1, -0.05) is 24.1 Å². The largest absolute Gasteiger partial charge is 0.349 e. The topological polar surface area (TPSA) is 55.1 Å². The van der Waals surface area contributed by atoms with Crippen LogP contribution >= 0.6 is 24.0 Å². The molecular weight excluding hydrogens is 314 g/mol. The van der Waals surface area contributed by atoms with Gasteiger partial charge in [0.1, 0.15) is 5.82 Å². The van der Waals surface area contributed by atoms with E-state index in [-0.39, 0.29) is 41.2 Å². The highest BCUT2D eigenvalue weighted by molar-refractivity contribution is 6.30. The van der Waals surface area contributed by atoms with Gasteiger partial charge in [0.2, 0.25) is 5.91 Å². The van der Waals surface area contributed by atoms with Gasteiger partial charge in [0.05, 0.1) is 11.1 Å². The fourth-order valence-corrected chi connectivity index (χ4v) is 3.04. The second-order valence-corrected chi connectivity index (χ2v) is 5.84. The molecule has 0 heterocycles. The normalized spacial score (nSPS) is 22.5. The molecule has 0 bridgehead atoms. The third-order valence-corrected chi connectivity index (χ3v) is 4.39. The molecule has 1 aliphatic carbocycles. The van der Waals surface area contributed by atoms with E-state index < -0.39 is 5.82 Å². The lowest BCUT2D eigenvalue weighted by Crippen LogP contribution is -2.36. The zero-order chi connectivity index (χ0) is 14.7. The van der Waals surface area contributed by atoms with Crippen molar-refractivity contribution in [1.29, 1.82) is 0 Å². The van der Waals surface area contributed by atoms with Crippen molar-refractivity contribution in [1.82, 2.24) is 5.32 Å². The number of nitrogens with two attached hydrogens (primary N) is 1. The molecular formula is C15H21Cl2FN2O. The molecule has 0 aliphatic heterocycles. The molecule has 1 fully saturated rings. The van der Waals surface area contributed by atoms with Crippen LogP contribution in [0.2, 0.25) is 5.02 Å². The number of halogens is 3. The minimum absolute atomic E-state index is 0. The van der Waals surface area contributed by atoms with Crippen LogP contribution in [0.25, 0.3) is 0 Å². The van der Waals surface area contributed by atoms with Crippen molar-refractivity contribution in [3.8, 4) is 0 Å². The summed E-state index contributed by atoms with van der Waals surface area (Å²) in [6.07, 6.45) is 2.96. The van der Waals surface area contributed by atoms with Gasteiger partial charge in [0, 0.05) is 5.92 Å². The molecule has 0 radical (unpaired) electrons. The number of hydrogen-bond acceptors (Lipinski definition) is 2. The van der Waals surface area contributed by atoms with Gasteiger partial charge in [-0.2, -0.15) is 0 Å². The Hall–Kier alpha value is -0.840. The van der Waals surface area contributed by atoms with E-state index in [1.807, 2.05) is 6.92 Å². The average Bonchev–Trinajstić information content (AvgIpc) is 2.90. The molecule has 1 aliphatic rings. The van der Waals surface area contributed by atoms with E-state index in [1.165, 1.54) is 6.07 Å². The first-order valence-electron chi connectivity index (χ1n) is 6.98. The minimum Gasteiger partial charge on any atom is -0.349 e. The highest BCUT2D eigenvalue weighted by atomic mass is 35.5. The Morgan fingerprint density at radius 2 is 2.24 bits per heavy atom. The summed E-state index contributed by atoms with van der Waals surface area (Å²) in [6, 6.07) is 4.32. The van der Waals surface area contributed by atoms with Crippen LogP contribution in [0, 0.1) is 17.7 Å². The summed E-state index contributed by atoms with van der Waals surface area (Å²) in [5, 5.41) is 3.05. The van der Waals surface area contributed by atoms with Crippen molar-refractivity contribution in [2.75, 3.05) is 6.54 Å². The summed E-state index contributed by atoms with van der Waals surface area (Å²) in [4.78, 5) is 12.3. The molecule has 1 unspecified atom stereocenters. The van der Waals surface area contributed by atoms with Crippen LogP contribution in [0.5, 0.6) is 0 Å². The molecule has 0 spiro atoms. The number of amides is 1. The van der Waals surface area contributed by atoms with E-state index in [1.54, 1.807) is 12.1 Å². The lowest BCUT2D eigenvalue weighted by atomic mass is 9.94. The predicted molar refractivity (Wildman–Crippen MR) is 85.1 cm³/mol. The molecule has 21 heavy (non-hydrogen) atoms. The molecule has 0 saturated heterocycles. The van der Waals surface area contributed by atoms with Crippen LogP contribution < -0.4 is 11.1 Å². The second kappa shape index (κ2) is 7.97. The van der Waals surface area contributed by atoms with E-state index in [0.29, 0.717) is 6.54 Å². The number of benzene rings is 1. The molecule has 3 nitrogen and oxygen atoms in total. The Labute approximate surface area is 135 Å². The van der Waals surface area contributed by atoms with Crippen LogP contribution in [-0.2, 0) is 4.79 Å². The molecule has 1 saturated carbocycles. The number of nitrogens with one attached hydrogen (secondary N) is 1. The SMILES string of the molecule is CC(NC(=O)[C@@H]1CCC[C@@H]1CN)c1ccc(F)c(Cl)c1.Cl. The van der Waals surface area contributed by atoms with Crippen molar-refractivity contribution in [3.05, 3.63) is 34.6 Å². The van der Waals surface area contributed by atoms with E-state index >= 15 is 0 Å². The molecule has 1 aromatic rings. The fraction of sp³-hybridized carbons (Fsp3) is 0.533. The Balaban J connectivity index is 0.00000220. The molecule has 6 heteroatoms. The van der Waals surface area contributed by atoms with E-state index in [4.69, 9.17) is 17.3 Å². The van der Waals surface area contributed by atoms with Gasteiger partial charge < -0.3 is 11.1 Å². The monoisotopic (exact) mass is 334 g/mol. The van der Waals surface area contributed by atoms with E-state index in [0.717, 1.165) is 24.8 Å².